The molecule has 26 heavy (non-hydrogen) atoms. The smallest absolute Gasteiger partial charge is 0.345 e. The number of hydrogen-bond acceptors (Lipinski definition) is 4. The maximum absolute atomic E-state index is 12.9. The van der Waals surface area contributed by atoms with Crippen molar-refractivity contribution in [3.8, 4) is 5.69 Å². The molecule has 2 aromatic carbocycles. The molecule has 0 saturated carbocycles. The predicted molar refractivity (Wildman–Crippen MR) is 86.5 cm³/mol. The van der Waals surface area contributed by atoms with Crippen LogP contribution in [0.25, 0.3) is 5.69 Å². The Balaban J connectivity index is 1.83. The van der Waals surface area contributed by atoms with Crippen LogP contribution in [0.4, 0.5) is 13.2 Å². The molecule has 1 amide bonds. The molecular weight excluding hydrogens is 347 g/mol. The normalized spacial score (nSPS) is 12.6. The zero-order chi connectivity index (χ0) is 18.7. The van der Waals surface area contributed by atoms with E-state index in [0.29, 0.717) is 16.8 Å². The van der Waals surface area contributed by atoms with E-state index in [-0.39, 0.29) is 0 Å². The molecule has 1 heterocycles. The van der Waals surface area contributed by atoms with Gasteiger partial charge in [0.2, 0.25) is 0 Å². The van der Waals surface area contributed by atoms with Gasteiger partial charge in [0, 0.05) is 0 Å². The summed E-state index contributed by atoms with van der Waals surface area (Å²) >= 11 is 0. The number of benzene rings is 2. The van der Waals surface area contributed by atoms with E-state index in [1.165, 1.54) is 23.1 Å². The Morgan fingerprint density at radius 2 is 1.92 bits per heavy atom. The van der Waals surface area contributed by atoms with Crippen molar-refractivity contribution < 1.29 is 18.0 Å². The molecule has 3 rings (SSSR count). The molecule has 0 spiro atoms. The van der Waals surface area contributed by atoms with E-state index in [1.54, 1.807) is 31.2 Å². The first-order valence-electron chi connectivity index (χ1n) is 7.66. The fourth-order valence-corrected chi connectivity index (χ4v) is 2.48. The highest BCUT2D eigenvalue weighted by atomic mass is 19.4. The predicted octanol–water partition coefficient (Wildman–Crippen LogP) is 3.17. The van der Waals surface area contributed by atoms with E-state index in [2.05, 4.69) is 20.8 Å². The number of nitrogens with zero attached hydrogens (tertiary/aromatic N) is 4. The summed E-state index contributed by atoms with van der Waals surface area (Å²) in [5, 5.41) is 13.5. The van der Waals surface area contributed by atoms with Gasteiger partial charge in [-0.3, -0.25) is 4.79 Å². The van der Waals surface area contributed by atoms with Gasteiger partial charge >= 0.3 is 6.18 Å². The fourth-order valence-electron chi connectivity index (χ4n) is 2.48. The summed E-state index contributed by atoms with van der Waals surface area (Å²) in [7, 11) is 0. The van der Waals surface area contributed by atoms with Crippen LogP contribution in [0.3, 0.4) is 0 Å². The van der Waals surface area contributed by atoms with Crippen LogP contribution in [0.5, 0.6) is 0 Å². The number of para-hydroxylation sites is 1. The van der Waals surface area contributed by atoms with E-state index in [0.717, 1.165) is 12.1 Å². The zero-order valence-electron chi connectivity index (χ0n) is 13.6. The molecule has 0 saturated heterocycles. The van der Waals surface area contributed by atoms with Crippen molar-refractivity contribution in [3.63, 3.8) is 0 Å². The maximum atomic E-state index is 12.9. The van der Waals surface area contributed by atoms with E-state index in [1.807, 2.05) is 0 Å². The molecule has 6 nitrogen and oxygen atoms in total. The van der Waals surface area contributed by atoms with Crippen molar-refractivity contribution in [2.45, 2.75) is 19.1 Å². The van der Waals surface area contributed by atoms with Crippen molar-refractivity contribution in [2.75, 3.05) is 0 Å². The van der Waals surface area contributed by atoms with E-state index >= 15 is 0 Å². The SMILES string of the molecule is C[C@H](NC(=O)c1ccccc1-n1cnnn1)c1cccc(C(F)(F)F)c1. The van der Waals surface area contributed by atoms with Gasteiger partial charge in [0.25, 0.3) is 5.91 Å². The molecule has 0 bridgehead atoms. The Hall–Kier alpha value is -3.23. The quantitative estimate of drug-likeness (QED) is 0.775. The number of rotatable bonds is 4. The lowest BCUT2D eigenvalue weighted by Crippen LogP contribution is -2.28. The lowest BCUT2D eigenvalue weighted by atomic mass is 10.0. The highest BCUT2D eigenvalue weighted by Crippen LogP contribution is 2.30. The summed E-state index contributed by atoms with van der Waals surface area (Å²) in [6.45, 7) is 1.62. The molecule has 1 N–H and O–H groups in total. The summed E-state index contributed by atoms with van der Waals surface area (Å²) < 4.78 is 39.9. The van der Waals surface area contributed by atoms with Crippen LogP contribution < -0.4 is 5.32 Å². The molecule has 0 fully saturated rings. The molecule has 0 aliphatic heterocycles. The third kappa shape index (κ3) is 3.71. The lowest BCUT2D eigenvalue weighted by molar-refractivity contribution is -0.137. The van der Waals surface area contributed by atoms with Crippen molar-refractivity contribution in [1.29, 1.82) is 0 Å². The Morgan fingerprint density at radius 3 is 2.62 bits per heavy atom. The molecule has 9 heteroatoms. The van der Waals surface area contributed by atoms with Gasteiger partial charge in [-0.05, 0) is 47.2 Å². The molecule has 134 valence electrons. The molecule has 0 radical (unpaired) electrons. The van der Waals surface area contributed by atoms with E-state index in [9.17, 15) is 18.0 Å². The van der Waals surface area contributed by atoms with E-state index in [4.69, 9.17) is 0 Å². The Bertz CT molecular complexity index is 909. The van der Waals surface area contributed by atoms with Gasteiger partial charge in [-0.15, -0.1) is 5.10 Å². The summed E-state index contributed by atoms with van der Waals surface area (Å²) in [5.74, 6) is -0.444. The zero-order valence-corrected chi connectivity index (χ0v) is 13.6. The highest BCUT2D eigenvalue weighted by Gasteiger charge is 2.30. The average molecular weight is 361 g/mol. The first kappa shape index (κ1) is 17.6. The summed E-state index contributed by atoms with van der Waals surface area (Å²) in [6, 6.07) is 10.9. The number of nitrogens with one attached hydrogen (secondary N) is 1. The van der Waals surface area contributed by atoms with Crippen molar-refractivity contribution in [2.24, 2.45) is 0 Å². The van der Waals surface area contributed by atoms with Gasteiger partial charge in [-0.1, -0.05) is 24.3 Å². The Kier molecular flexibility index (Phi) is 4.70. The third-order valence-electron chi connectivity index (χ3n) is 3.81. The maximum Gasteiger partial charge on any atom is 0.416 e. The van der Waals surface area contributed by atoms with Gasteiger partial charge in [0.05, 0.1) is 22.9 Å². The first-order valence-corrected chi connectivity index (χ1v) is 7.66. The van der Waals surface area contributed by atoms with Gasteiger partial charge < -0.3 is 5.32 Å². The minimum Gasteiger partial charge on any atom is -0.345 e. The molecule has 0 unspecified atom stereocenters. The van der Waals surface area contributed by atoms with Crippen LogP contribution in [0.15, 0.2) is 54.9 Å². The summed E-state index contributed by atoms with van der Waals surface area (Å²) in [4.78, 5) is 12.6. The third-order valence-corrected chi connectivity index (χ3v) is 3.81. The van der Waals surface area contributed by atoms with Crippen LogP contribution in [0.2, 0.25) is 0 Å². The molecule has 0 aliphatic rings. The van der Waals surface area contributed by atoms with Crippen LogP contribution in [0, 0.1) is 0 Å². The summed E-state index contributed by atoms with van der Waals surface area (Å²) in [5.41, 5.74) is 0.364. The molecular formula is C17H14F3N5O. The second kappa shape index (κ2) is 6.95. The van der Waals surface area contributed by atoms with Gasteiger partial charge in [-0.2, -0.15) is 17.9 Å². The van der Waals surface area contributed by atoms with Crippen LogP contribution >= 0.6 is 0 Å². The van der Waals surface area contributed by atoms with Crippen LogP contribution in [0.1, 0.15) is 34.5 Å². The topological polar surface area (TPSA) is 72.7 Å². The minimum atomic E-state index is -4.44. The van der Waals surface area contributed by atoms with Gasteiger partial charge in [0.1, 0.15) is 6.33 Å². The molecule has 3 aromatic rings. The Labute approximate surface area is 146 Å². The second-order valence-electron chi connectivity index (χ2n) is 5.59. The average Bonchev–Trinajstić information content (AvgIpc) is 3.15. The Morgan fingerprint density at radius 1 is 1.15 bits per heavy atom. The largest absolute Gasteiger partial charge is 0.416 e. The number of carbonyl (C=O) groups excluding carboxylic acids is 1. The first-order chi connectivity index (χ1) is 12.4. The van der Waals surface area contributed by atoms with Crippen LogP contribution in [-0.4, -0.2) is 26.1 Å². The monoisotopic (exact) mass is 361 g/mol. The number of alkyl halides is 3. The lowest BCUT2D eigenvalue weighted by Gasteiger charge is -2.17. The van der Waals surface area contributed by atoms with Gasteiger partial charge in [-0.25, -0.2) is 0 Å². The molecule has 1 aromatic heterocycles. The van der Waals surface area contributed by atoms with Crippen molar-refractivity contribution in [1.82, 2.24) is 25.5 Å². The van der Waals surface area contributed by atoms with Crippen LogP contribution in [-0.2, 0) is 6.18 Å². The number of hydrogen-bond donors (Lipinski definition) is 1. The highest BCUT2D eigenvalue weighted by molar-refractivity contribution is 5.97. The van der Waals surface area contributed by atoms with Crippen molar-refractivity contribution in [3.05, 3.63) is 71.5 Å². The summed E-state index contributed by atoms with van der Waals surface area (Å²) in [6.07, 6.45) is -3.09. The number of amides is 1. The van der Waals surface area contributed by atoms with E-state index < -0.39 is 23.7 Å². The number of halogens is 3. The standard InChI is InChI=1S/C17H14F3N5O/c1-11(12-5-4-6-13(9-12)17(18,19)20)22-16(26)14-7-2-3-8-15(14)25-10-21-23-24-25/h2-11H,1H3,(H,22,26)/t11-/m0/s1. The molecule has 0 aliphatic carbocycles. The number of aromatic nitrogens is 4. The number of tetrazole rings is 1. The second-order valence-corrected chi connectivity index (χ2v) is 5.59. The van der Waals surface area contributed by atoms with Crippen molar-refractivity contribution >= 4 is 5.91 Å². The fraction of sp³-hybridized carbons (Fsp3) is 0.176. The minimum absolute atomic E-state index is 0.304. The molecule has 1 atom stereocenters. The number of carbonyl (C=O) groups is 1. The van der Waals surface area contributed by atoms with Gasteiger partial charge in [0.15, 0.2) is 0 Å².